The fourth-order valence-corrected chi connectivity index (χ4v) is 3.32. The van der Waals surface area contributed by atoms with Crippen molar-refractivity contribution in [1.29, 1.82) is 0 Å². The Balaban J connectivity index is 1.74. The van der Waals surface area contributed by atoms with Crippen LogP contribution >= 0.6 is 0 Å². The van der Waals surface area contributed by atoms with Crippen LogP contribution in [-0.4, -0.2) is 29.6 Å². The molecule has 0 radical (unpaired) electrons. The fraction of sp³-hybridized carbons (Fsp3) is 0.467. The molecule has 0 unspecified atom stereocenters. The minimum absolute atomic E-state index is 0.00194. The molecule has 2 aliphatic rings. The zero-order valence-electron chi connectivity index (χ0n) is 10.5. The first-order valence-electron chi connectivity index (χ1n) is 6.62. The van der Waals surface area contributed by atoms with Gasteiger partial charge in [0.2, 0.25) is 0 Å². The summed E-state index contributed by atoms with van der Waals surface area (Å²) in [5, 5.41) is 8.86. The van der Waals surface area contributed by atoms with Crippen LogP contribution in [0.2, 0.25) is 0 Å². The molecule has 0 amide bonds. The van der Waals surface area contributed by atoms with E-state index < -0.39 is 5.97 Å². The molecule has 2 aliphatic heterocycles. The topological polar surface area (TPSA) is 63.6 Å². The van der Waals surface area contributed by atoms with Crippen LogP contribution in [-0.2, 0) is 16.0 Å². The molecule has 0 saturated carbocycles. The Hall–Kier alpha value is -1.68. The quantitative estimate of drug-likeness (QED) is 0.840. The van der Waals surface area contributed by atoms with Crippen molar-refractivity contribution in [2.75, 3.05) is 0 Å². The van der Waals surface area contributed by atoms with E-state index >= 15 is 0 Å². The van der Waals surface area contributed by atoms with Gasteiger partial charge in [-0.2, -0.15) is 0 Å². The Morgan fingerprint density at radius 2 is 1.95 bits per heavy atom. The van der Waals surface area contributed by atoms with E-state index in [0.717, 1.165) is 31.1 Å². The molecule has 4 heteroatoms. The molecule has 0 spiro atoms. The number of ether oxygens (including phenoxy) is 1. The summed E-state index contributed by atoms with van der Waals surface area (Å²) in [5.74, 6) is -0.676. The fourth-order valence-electron chi connectivity index (χ4n) is 3.32. The molecular weight excluding hydrogens is 244 g/mol. The Bertz CT molecular complexity index is 493. The van der Waals surface area contributed by atoms with Crippen molar-refractivity contribution in [3.8, 4) is 0 Å². The molecule has 4 nitrogen and oxygen atoms in total. The maximum absolute atomic E-state index is 11.2. The number of aldehydes is 1. The normalized spacial score (nSPS) is 32.4. The zero-order chi connectivity index (χ0) is 13.4. The SMILES string of the molecule is O=C[C@@H]1[C@@H](Cc2ccc(C(=O)O)cc2)[C@H]2CC[C@@H]1O2. The number of hydrogen-bond acceptors (Lipinski definition) is 3. The summed E-state index contributed by atoms with van der Waals surface area (Å²) in [5.41, 5.74) is 1.36. The average Bonchev–Trinajstić information content (AvgIpc) is 3.00. The molecule has 2 fully saturated rings. The van der Waals surface area contributed by atoms with E-state index in [1.165, 1.54) is 0 Å². The van der Waals surface area contributed by atoms with E-state index in [2.05, 4.69) is 0 Å². The molecule has 3 rings (SSSR count). The molecule has 1 aromatic rings. The molecule has 2 bridgehead atoms. The Morgan fingerprint density at radius 3 is 2.58 bits per heavy atom. The smallest absolute Gasteiger partial charge is 0.335 e. The largest absolute Gasteiger partial charge is 0.478 e. The van der Waals surface area contributed by atoms with Gasteiger partial charge in [0.05, 0.1) is 17.8 Å². The predicted octanol–water partition coefficient (Wildman–Crippen LogP) is 1.92. The van der Waals surface area contributed by atoms with Crippen molar-refractivity contribution in [1.82, 2.24) is 0 Å². The summed E-state index contributed by atoms with van der Waals surface area (Å²) in [4.78, 5) is 22.0. The Kier molecular flexibility index (Phi) is 3.11. The average molecular weight is 260 g/mol. The van der Waals surface area contributed by atoms with Gasteiger partial charge in [-0.05, 0) is 37.0 Å². The first kappa shape index (κ1) is 12.4. The van der Waals surface area contributed by atoms with Gasteiger partial charge >= 0.3 is 5.97 Å². The van der Waals surface area contributed by atoms with Crippen LogP contribution in [0.4, 0.5) is 0 Å². The van der Waals surface area contributed by atoms with Gasteiger partial charge in [-0.1, -0.05) is 12.1 Å². The number of aromatic carboxylic acids is 1. The Morgan fingerprint density at radius 1 is 1.26 bits per heavy atom. The van der Waals surface area contributed by atoms with Gasteiger partial charge in [-0.3, -0.25) is 0 Å². The van der Waals surface area contributed by atoms with Crippen molar-refractivity contribution < 1.29 is 19.4 Å². The van der Waals surface area contributed by atoms with Gasteiger partial charge in [0, 0.05) is 11.8 Å². The van der Waals surface area contributed by atoms with Gasteiger partial charge in [-0.25, -0.2) is 4.79 Å². The van der Waals surface area contributed by atoms with Gasteiger partial charge < -0.3 is 14.6 Å². The lowest BCUT2D eigenvalue weighted by Gasteiger charge is -2.23. The van der Waals surface area contributed by atoms with E-state index in [1.54, 1.807) is 12.1 Å². The first-order valence-corrected chi connectivity index (χ1v) is 6.62. The summed E-state index contributed by atoms with van der Waals surface area (Å²) in [6, 6.07) is 6.89. The summed E-state index contributed by atoms with van der Waals surface area (Å²) >= 11 is 0. The third-order valence-electron chi connectivity index (χ3n) is 4.32. The van der Waals surface area contributed by atoms with Crippen LogP contribution in [0.5, 0.6) is 0 Å². The number of carbonyl (C=O) groups is 2. The number of fused-ring (bicyclic) bond motifs is 2. The molecular formula is C15H16O4. The first-order chi connectivity index (χ1) is 9.19. The number of carboxylic acid groups (broad SMARTS) is 1. The molecule has 0 aliphatic carbocycles. The van der Waals surface area contributed by atoms with Gasteiger partial charge in [-0.15, -0.1) is 0 Å². The zero-order valence-corrected chi connectivity index (χ0v) is 10.5. The number of benzene rings is 1. The van der Waals surface area contributed by atoms with Crippen molar-refractivity contribution in [3.63, 3.8) is 0 Å². The monoisotopic (exact) mass is 260 g/mol. The van der Waals surface area contributed by atoms with Gasteiger partial charge in [0.25, 0.3) is 0 Å². The van der Waals surface area contributed by atoms with Crippen LogP contribution in [0.1, 0.15) is 28.8 Å². The molecule has 1 aromatic carbocycles. The molecule has 100 valence electrons. The van der Waals surface area contributed by atoms with Crippen molar-refractivity contribution >= 4 is 12.3 Å². The van der Waals surface area contributed by atoms with Crippen LogP contribution in [0.25, 0.3) is 0 Å². The summed E-state index contributed by atoms with van der Waals surface area (Å²) in [7, 11) is 0. The molecule has 4 atom stereocenters. The van der Waals surface area contributed by atoms with Crippen molar-refractivity contribution in [2.24, 2.45) is 11.8 Å². The number of carbonyl (C=O) groups excluding carboxylic acids is 1. The van der Waals surface area contributed by atoms with Gasteiger partial charge in [0.1, 0.15) is 6.29 Å². The third-order valence-corrected chi connectivity index (χ3v) is 4.32. The second-order valence-corrected chi connectivity index (χ2v) is 5.37. The van der Waals surface area contributed by atoms with Crippen LogP contribution < -0.4 is 0 Å². The van der Waals surface area contributed by atoms with E-state index in [0.29, 0.717) is 5.56 Å². The third kappa shape index (κ3) is 2.16. The number of hydrogen-bond donors (Lipinski definition) is 1. The van der Waals surface area contributed by atoms with Crippen molar-refractivity contribution in [2.45, 2.75) is 31.5 Å². The molecule has 2 heterocycles. The summed E-state index contributed by atoms with van der Waals surface area (Å²) in [6.45, 7) is 0. The standard InChI is InChI=1S/C15H16O4/c16-8-12-11(13-5-6-14(12)19-13)7-9-1-3-10(4-2-9)15(17)18/h1-4,8,11-14H,5-7H2,(H,17,18)/t11-,12-,13-,14+/m1/s1. The lowest BCUT2D eigenvalue weighted by atomic mass is 9.77. The molecule has 1 N–H and O–H groups in total. The summed E-state index contributed by atoms with van der Waals surface area (Å²) < 4.78 is 5.80. The highest BCUT2D eigenvalue weighted by molar-refractivity contribution is 5.87. The second kappa shape index (κ2) is 4.78. The maximum Gasteiger partial charge on any atom is 0.335 e. The molecule has 19 heavy (non-hydrogen) atoms. The predicted molar refractivity (Wildman–Crippen MR) is 68.0 cm³/mol. The maximum atomic E-state index is 11.2. The van der Waals surface area contributed by atoms with Crippen LogP contribution in [0.15, 0.2) is 24.3 Å². The lowest BCUT2D eigenvalue weighted by molar-refractivity contribution is -0.113. The Labute approximate surface area is 111 Å². The lowest BCUT2D eigenvalue weighted by Crippen LogP contribution is -2.29. The minimum Gasteiger partial charge on any atom is -0.478 e. The molecule has 2 saturated heterocycles. The number of rotatable bonds is 4. The highest BCUT2D eigenvalue weighted by Crippen LogP contribution is 2.43. The van der Waals surface area contributed by atoms with E-state index in [4.69, 9.17) is 9.84 Å². The molecule has 0 aromatic heterocycles. The van der Waals surface area contributed by atoms with Crippen molar-refractivity contribution in [3.05, 3.63) is 35.4 Å². The minimum atomic E-state index is -0.916. The van der Waals surface area contributed by atoms with Crippen LogP contribution in [0, 0.1) is 11.8 Å². The van der Waals surface area contributed by atoms with Gasteiger partial charge in [0.15, 0.2) is 0 Å². The van der Waals surface area contributed by atoms with E-state index in [1.807, 2.05) is 12.1 Å². The number of carboxylic acids is 1. The van der Waals surface area contributed by atoms with E-state index in [-0.39, 0.29) is 24.0 Å². The van der Waals surface area contributed by atoms with Crippen LogP contribution in [0.3, 0.4) is 0 Å². The highest BCUT2D eigenvalue weighted by Gasteiger charge is 2.48. The summed E-state index contributed by atoms with van der Waals surface area (Å²) in [6.07, 6.45) is 4.13. The second-order valence-electron chi connectivity index (χ2n) is 5.37. The highest BCUT2D eigenvalue weighted by atomic mass is 16.5. The van der Waals surface area contributed by atoms with E-state index in [9.17, 15) is 9.59 Å².